The molecular weight excluding hydrogens is 492 g/mol. The molecular formula is C37H74O3. The van der Waals surface area contributed by atoms with Gasteiger partial charge in [0.25, 0.3) is 0 Å². The summed E-state index contributed by atoms with van der Waals surface area (Å²) in [5.41, 5.74) is 0. The van der Waals surface area contributed by atoms with Gasteiger partial charge in [-0.25, -0.2) is 0 Å². The van der Waals surface area contributed by atoms with Crippen LogP contribution in [0.1, 0.15) is 184 Å². The summed E-state index contributed by atoms with van der Waals surface area (Å²) in [5, 5.41) is 19.9. The molecule has 3 nitrogen and oxygen atoms in total. The molecule has 0 spiro atoms. The van der Waals surface area contributed by atoms with Crippen LogP contribution in [-0.4, -0.2) is 22.3 Å². The van der Waals surface area contributed by atoms with Gasteiger partial charge in [0.2, 0.25) is 0 Å². The predicted octanol–water partition coefficient (Wildman–Crippen LogP) is 11.7. The largest absolute Gasteiger partial charge is 0.481 e. The number of carboxylic acids is 1. The zero-order chi connectivity index (χ0) is 30.3. The molecule has 0 rings (SSSR count). The second kappa shape index (κ2) is 25.0. The van der Waals surface area contributed by atoms with E-state index in [4.69, 9.17) is 5.11 Å². The van der Waals surface area contributed by atoms with E-state index >= 15 is 0 Å². The molecule has 0 fully saturated rings. The molecule has 0 aromatic rings. The quantitative estimate of drug-likeness (QED) is 0.0926. The minimum Gasteiger partial charge on any atom is -0.481 e. The van der Waals surface area contributed by atoms with Gasteiger partial charge >= 0.3 is 5.97 Å². The average Bonchev–Trinajstić information content (AvgIpc) is 2.85. The highest BCUT2D eigenvalue weighted by Gasteiger charge is 2.21. The van der Waals surface area contributed by atoms with E-state index in [2.05, 4.69) is 48.5 Å². The van der Waals surface area contributed by atoms with Crippen molar-refractivity contribution in [2.45, 2.75) is 190 Å². The molecule has 3 heteroatoms. The normalized spacial score (nSPS) is 18.0. The predicted molar refractivity (Wildman–Crippen MR) is 176 cm³/mol. The van der Waals surface area contributed by atoms with Gasteiger partial charge in [-0.1, -0.05) is 139 Å². The molecule has 0 heterocycles. The lowest BCUT2D eigenvalue weighted by atomic mass is 9.80. The third-order valence-electron chi connectivity index (χ3n) is 9.43. The van der Waals surface area contributed by atoms with Crippen molar-refractivity contribution in [2.75, 3.05) is 0 Å². The summed E-state index contributed by atoms with van der Waals surface area (Å²) < 4.78 is 0. The van der Waals surface area contributed by atoms with Gasteiger partial charge in [0, 0.05) is 0 Å². The fourth-order valence-electron chi connectivity index (χ4n) is 7.38. The lowest BCUT2D eigenvalue weighted by Crippen LogP contribution is -2.21. The molecule has 0 radical (unpaired) electrons. The lowest BCUT2D eigenvalue weighted by molar-refractivity contribution is -0.141. The number of carbonyl (C=O) groups is 1. The van der Waals surface area contributed by atoms with E-state index in [-0.39, 0.29) is 12.0 Å². The summed E-state index contributed by atoms with van der Waals surface area (Å²) in [6, 6.07) is 0. The highest BCUT2D eigenvalue weighted by atomic mass is 16.4. The Bertz CT molecular complexity index is 576. The van der Waals surface area contributed by atoms with Gasteiger partial charge in [-0.05, 0) is 80.5 Å². The summed E-state index contributed by atoms with van der Waals surface area (Å²) in [5.74, 6) is 2.69. The molecule has 8 atom stereocenters. The number of aliphatic hydroxyl groups excluding tert-OH is 1. The summed E-state index contributed by atoms with van der Waals surface area (Å²) in [6.07, 6.45) is 25.5. The third kappa shape index (κ3) is 23.0. The molecule has 40 heavy (non-hydrogen) atoms. The highest BCUT2D eigenvalue weighted by molar-refractivity contribution is 5.69. The van der Waals surface area contributed by atoms with Crippen LogP contribution < -0.4 is 0 Å². The zero-order valence-electron chi connectivity index (χ0n) is 28.6. The van der Waals surface area contributed by atoms with Crippen LogP contribution in [0.5, 0.6) is 0 Å². The number of unbranched alkanes of at least 4 members (excludes halogenated alkanes) is 12. The second-order valence-electron chi connectivity index (χ2n) is 14.8. The Labute approximate surface area is 252 Å². The first-order valence-electron chi connectivity index (χ1n) is 17.9. The molecule has 0 aliphatic rings. The van der Waals surface area contributed by atoms with Gasteiger partial charge in [0.1, 0.15) is 0 Å². The first kappa shape index (κ1) is 39.4. The molecule has 0 amide bonds. The van der Waals surface area contributed by atoms with E-state index in [1.54, 1.807) is 0 Å². The van der Waals surface area contributed by atoms with Crippen LogP contribution in [0.2, 0.25) is 0 Å². The first-order valence-corrected chi connectivity index (χ1v) is 17.9. The Kier molecular flexibility index (Phi) is 24.6. The Hall–Kier alpha value is -0.570. The van der Waals surface area contributed by atoms with Crippen molar-refractivity contribution >= 4 is 5.97 Å². The number of aliphatic hydroxyl groups is 1. The van der Waals surface area contributed by atoms with Crippen molar-refractivity contribution in [3.05, 3.63) is 0 Å². The Morgan fingerprint density at radius 2 is 0.825 bits per heavy atom. The van der Waals surface area contributed by atoms with Gasteiger partial charge in [0.15, 0.2) is 0 Å². The van der Waals surface area contributed by atoms with Crippen LogP contribution in [0.25, 0.3) is 0 Å². The molecule has 0 aliphatic heterocycles. The summed E-state index contributed by atoms with van der Waals surface area (Å²) in [6.45, 7) is 18.1. The van der Waals surface area contributed by atoms with Gasteiger partial charge in [0.05, 0.1) is 12.0 Å². The van der Waals surface area contributed by atoms with Gasteiger partial charge in [-0.3, -0.25) is 4.79 Å². The number of rotatable bonds is 28. The third-order valence-corrected chi connectivity index (χ3v) is 9.43. The summed E-state index contributed by atoms with van der Waals surface area (Å²) in [4.78, 5) is 11.1. The highest BCUT2D eigenvalue weighted by Crippen LogP contribution is 2.30. The maximum absolute atomic E-state index is 11.1. The van der Waals surface area contributed by atoms with Crippen LogP contribution in [0, 0.1) is 41.4 Å². The minimum atomic E-state index is -0.669. The smallest absolute Gasteiger partial charge is 0.306 e. The maximum atomic E-state index is 11.1. The fourth-order valence-corrected chi connectivity index (χ4v) is 7.38. The number of hydrogen-bond acceptors (Lipinski definition) is 2. The first-order chi connectivity index (χ1) is 19.0. The van der Waals surface area contributed by atoms with E-state index < -0.39 is 5.97 Å². The molecule has 0 aromatic carbocycles. The van der Waals surface area contributed by atoms with Crippen molar-refractivity contribution in [3.63, 3.8) is 0 Å². The zero-order valence-corrected chi connectivity index (χ0v) is 28.6. The fraction of sp³-hybridized carbons (Fsp3) is 0.973. The summed E-state index contributed by atoms with van der Waals surface area (Å²) >= 11 is 0. The molecule has 0 saturated carbocycles. The minimum absolute atomic E-state index is 0.143. The van der Waals surface area contributed by atoms with E-state index in [0.29, 0.717) is 35.5 Å². The van der Waals surface area contributed by atoms with Crippen LogP contribution in [0.15, 0.2) is 0 Å². The molecule has 240 valence electrons. The lowest BCUT2D eigenvalue weighted by Gasteiger charge is -2.26. The maximum Gasteiger partial charge on any atom is 0.306 e. The van der Waals surface area contributed by atoms with E-state index in [0.717, 1.165) is 25.7 Å². The van der Waals surface area contributed by atoms with E-state index in [9.17, 15) is 9.90 Å². The number of hydrogen-bond donors (Lipinski definition) is 2. The second-order valence-corrected chi connectivity index (χ2v) is 14.8. The van der Waals surface area contributed by atoms with Gasteiger partial charge < -0.3 is 10.2 Å². The molecule has 0 aromatic heterocycles. The Morgan fingerprint density at radius 3 is 1.20 bits per heavy atom. The SMILES string of the molecule is CCCCCCCCCCCCCCCC(O)[C@H](C)C[C@H](C)C[C@H](C)C[C@H](C)C[C@H](C)C[C@H](C)C[C@H](C)C(=O)O. The van der Waals surface area contributed by atoms with Gasteiger partial charge in [-0.2, -0.15) is 0 Å². The van der Waals surface area contributed by atoms with Crippen LogP contribution >= 0.6 is 0 Å². The average molecular weight is 567 g/mol. The summed E-state index contributed by atoms with van der Waals surface area (Å²) in [7, 11) is 0. The molecule has 2 N–H and O–H groups in total. The van der Waals surface area contributed by atoms with Crippen molar-refractivity contribution in [1.82, 2.24) is 0 Å². The molecule has 1 unspecified atom stereocenters. The van der Waals surface area contributed by atoms with Gasteiger partial charge in [-0.15, -0.1) is 0 Å². The van der Waals surface area contributed by atoms with E-state index in [1.807, 2.05) is 6.92 Å². The van der Waals surface area contributed by atoms with Crippen molar-refractivity contribution in [3.8, 4) is 0 Å². The molecule has 0 saturated heterocycles. The standard InChI is InChI=1S/C37H74O3/c1-9-10-11-12-13-14-15-16-17-18-19-20-21-22-36(38)34(7)27-32(5)25-30(3)23-29(2)24-31(4)26-33(6)28-35(8)37(39)40/h29-36,38H,9-28H2,1-8H3,(H,39,40)/t29-,30+,31-,32+,33-,34+,35-,36?/m0/s1. The van der Waals surface area contributed by atoms with Crippen LogP contribution in [0.3, 0.4) is 0 Å². The van der Waals surface area contributed by atoms with E-state index in [1.165, 1.54) is 103 Å². The molecule has 0 aliphatic carbocycles. The number of aliphatic carboxylic acids is 1. The van der Waals surface area contributed by atoms with Crippen molar-refractivity contribution in [1.29, 1.82) is 0 Å². The molecule has 0 bridgehead atoms. The van der Waals surface area contributed by atoms with Crippen LogP contribution in [0.4, 0.5) is 0 Å². The Balaban J connectivity index is 3.92. The number of carboxylic acid groups (broad SMARTS) is 1. The van der Waals surface area contributed by atoms with Crippen LogP contribution in [-0.2, 0) is 4.79 Å². The van der Waals surface area contributed by atoms with Crippen molar-refractivity contribution < 1.29 is 15.0 Å². The monoisotopic (exact) mass is 567 g/mol. The Morgan fingerprint density at radius 1 is 0.500 bits per heavy atom. The topological polar surface area (TPSA) is 57.5 Å². The van der Waals surface area contributed by atoms with Crippen molar-refractivity contribution in [2.24, 2.45) is 41.4 Å².